The van der Waals surface area contributed by atoms with Crippen molar-refractivity contribution in [3.05, 3.63) is 29.6 Å². The van der Waals surface area contributed by atoms with Gasteiger partial charge in [0, 0.05) is 31.7 Å². The summed E-state index contributed by atoms with van der Waals surface area (Å²) in [5, 5.41) is 0. The highest BCUT2D eigenvalue weighted by molar-refractivity contribution is 5.50. The summed E-state index contributed by atoms with van der Waals surface area (Å²) in [6.07, 6.45) is 3.64. The minimum Gasteiger partial charge on any atom is -0.368 e. The zero-order valence-corrected chi connectivity index (χ0v) is 12.2. The first-order chi connectivity index (χ1) is 9.65. The molecule has 0 aliphatic carbocycles. The molecule has 0 bridgehead atoms. The van der Waals surface area contributed by atoms with Gasteiger partial charge in [-0.25, -0.2) is 4.39 Å². The van der Waals surface area contributed by atoms with Gasteiger partial charge in [-0.2, -0.15) is 0 Å². The number of hydrogen-bond donors (Lipinski definition) is 1. The molecule has 0 amide bonds. The normalized spacial score (nSPS) is 25.4. The standard InChI is InChI=1S/C16H24FN3/c1-12(18)13-5-6-16(15(17)10-13)20-9-3-8-19-7-2-4-14(19)11-20/h5-6,10,12,14H,2-4,7-9,11,18H2,1H3/t12-,14?/m1/s1. The van der Waals surface area contributed by atoms with E-state index in [2.05, 4.69) is 9.80 Å². The molecular formula is C16H24FN3. The van der Waals surface area contributed by atoms with Crippen molar-refractivity contribution in [2.24, 2.45) is 5.73 Å². The van der Waals surface area contributed by atoms with Crippen LogP contribution in [0.4, 0.5) is 10.1 Å². The molecule has 0 radical (unpaired) electrons. The number of rotatable bonds is 2. The van der Waals surface area contributed by atoms with Crippen LogP contribution < -0.4 is 10.6 Å². The largest absolute Gasteiger partial charge is 0.368 e. The lowest BCUT2D eigenvalue weighted by Crippen LogP contribution is -2.37. The van der Waals surface area contributed by atoms with Gasteiger partial charge in [0.15, 0.2) is 0 Å². The summed E-state index contributed by atoms with van der Waals surface area (Å²) in [6.45, 7) is 6.15. The molecule has 1 aromatic rings. The molecule has 3 rings (SSSR count). The van der Waals surface area contributed by atoms with Crippen LogP contribution in [0.5, 0.6) is 0 Å². The molecule has 2 aliphatic rings. The van der Waals surface area contributed by atoms with Crippen LogP contribution in [0.2, 0.25) is 0 Å². The molecule has 2 atom stereocenters. The molecule has 4 heteroatoms. The lowest BCUT2D eigenvalue weighted by Gasteiger charge is -2.28. The predicted molar refractivity (Wildman–Crippen MR) is 80.4 cm³/mol. The van der Waals surface area contributed by atoms with Crippen molar-refractivity contribution < 1.29 is 4.39 Å². The van der Waals surface area contributed by atoms with Gasteiger partial charge in [-0.15, -0.1) is 0 Å². The maximum atomic E-state index is 14.4. The van der Waals surface area contributed by atoms with Gasteiger partial charge >= 0.3 is 0 Å². The van der Waals surface area contributed by atoms with E-state index in [9.17, 15) is 4.39 Å². The first kappa shape index (κ1) is 13.8. The van der Waals surface area contributed by atoms with Crippen LogP contribution in [-0.4, -0.2) is 37.1 Å². The summed E-state index contributed by atoms with van der Waals surface area (Å²) in [4.78, 5) is 4.78. The number of hydrogen-bond acceptors (Lipinski definition) is 3. The Balaban J connectivity index is 1.81. The second kappa shape index (κ2) is 5.70. The summed E-state index contributed by atoms with van der Waals surface area (Å²) in [6, 6.07) is 5.94. The van der Waals surface area contributed by atoms with E-state index in [4.69, 9.17) is 5.73 Å². The van der Waals surface area contributed by atoms with Crippen molar-refractivity contribution >= 4 is 5.69 Å². The smallest absolute Gasteiger partial charge is 0.146 e. The average molecular weight is 277 g/mol. The summed E-state index contributed by atoms with van der Waals surface area (Å²) in [5.74, 6) is -0.133. The zero-order valence-electron chi connectivity index (χ0n) is 12.2. The van der Waals surface area contributed by atoms with Crippen molar-refractivity contribution in [1.29, 1.82) is 0 Å². The summed E-state index contributed by atoms with van der Waals surface area (Å²) in [7, 11) is 0. The minimum atomic E-state index is -0.133. The van der Waals surface area contributed by atoms with Gasteiger partial charge < -0.3 is 10.6 Å². The Morgan fingerprint density at radius 2 is 2.05 bits per heavy atom. The monoisotopic (exact) mass is 277 g/mol. The van der Waals surface area contributed by atoms with E-state index in [1.807, 2.05) is 19.1 Å². The number of nitrogens with zero attached hydrogens (tertiary/aromatic N) is 2. The lowest BCUT2D eigenvalue weighted by molar-refractivity contribution is 0.273. The lowest BCUT2D eigenvalue weighted by atomic mass is 10.1. The third-order valence-corrected chi connectivity index (χ3v) is 4.64. The van der Waals surface area contributed by atoms with Crippen LogP contribution >= 0.6 is 0 Å². The Hall–Kier alpha value is -1.13. The first-order valence-electron chi connectivity index (χ1n) is 7.69. The van der Waals surface area contributed by atoms with Crippen molar-refractivity contribution in [2.45, 2.75) is 38.3 Å². The minimum absolute atomic E-state index is 0.118. The zero-order chi connectivity index (χ0) is 14.1. The Kier molecular flexibility index (Phi) is 3.94. The van der Waals surface area contributed by atoms with Crippen LogP contribution in [0.3, 0.4) is 0 Å². The highest BCUT2D eigenvalue weighted by atomic mass is 19.1. The van der Waals surface area contributed by atoms with E-state index in [0.717, 1.165) is 37.3 Å². The van der Waals surface area contributed by atoms with Gasteiger partial charge in [-0.05, 0) is 50.4 Å². The molecule has 3 nitrogen and oxygen atoms in total. The summed E-state index contributed by atoms with van der Waals surface area (Å²) in [5.41, 5.74) is 7.42. The van der Waals surface area contributed by atoms with Crippen LogP contribution in [0.25, 0.3) is 0 Å². The van der Waals surface area contributed by atoms with Gasteiger partial charge in [0.2, 0.25) is 0 Å². The molecule has 0 aromatic heterocycles. The Morgan fingerprint density at radius 1 is 1.25 bits per heavy atom. The molecule has 20 heavy (non-hydrogen) atoms. The van der Waals surface area contributed by atoms with E-state index < -0.39 is 0 Å². The maximum absolute atomic E-state index is 14.4. The van der Waals surface area contributed by atoms with Crippen molar-refractivity contribution in [3.8, 4) is 0 Å². The molecule has 2 fully saturated rings. The highest BCUT2D eigenvalue weighted by Gasteiger charge is 2.29. The molecule has 2 heterocycles. The first-order valence-corrected chi connectivity index (χ1v) is 7.69. The quantitative estimate of drug-likeness (QED) is 0.901. The van der Waals surface area contributed by atoms with Crippen molar-refractivity contribution in [1.82, 2.24) is 4.90 Å². The SMILES string of the molecule is C[C@@H](N)c1ccc(N2CCCN3CCCC3C2)c(F)c1. The van der Waals surface area contributed by atoms with Gasteiger partial charge in [-0.3, -0.25) is 4.90 Å². The summed E-state index contributed by atoms with van der Waals surface area (Å²) >= 11 is 0. The van der Waals surface area contributed by atoms with Crippen molar-refractivity contribution in [2.75, 3.05) is 31.1 Å². The molecule has 2 aliphatic heterocycles. The van der Waals surface area contributed by atoms with Gasteiger partial charge in [0.1, 0.15) is 5.82 Å². The third kappa shape index (κ3) is 2.67. The topological polar surface area (TPSA) is 32.5 Å². The number of fused-ring (bicyclic) bond motifs is 1. The van der Waals surface area contributed by atoms with Crippen LogP contribution in [-0.2, 0) is 0 Å². The number of nitrogens with two attached hydrogens (primary N) is 1. The predicted octanol–water partition coefficient (Wildman–Crippen LogP) is 2.52. The summed E-state index contributed by atoms with van der Waals surface area (Å²) < 4.78 is 14.4. The molecule has 2 saturated heterocycles. The van der Waals surface area contributed by atoms with Crippen LogP contribution in [0, 0.1) is 5.82 Å². The van der Waals surface area contributed by atoms with E-state index in [1.54, 1.807) is 6.07 Å². The molecule has 2 N–H and O–H groups in total. The fourth-order valence-corrected chi connectivity index (χ4v) is 3.49. The van der Waals surface area contributed by atoms with Gasteiger partial charge in [0.25, 0.3) is 0 Å². The number of benzene rings is 1. The van der Waals surface area contributed by atoms with Crippen LogP contribution in [0.1, 0.15) is 37.8 Å². The van der Waals surface area contributed by atoms with E-state index in [0.29, 0.717) is 6.04 Å². The second-order valence-electron chi connectivity index (χ2n) is 6.13. The van der Waals surface area contributed by atoms with Crippen LogP contribution in [0.15, 0.2) is 18.2 Å². The molecule has 1 unspecified atom stereocenters. The second-order valence-corrected chi connectivity index (χ2v) is 6.13. The molecule has 1 aromatic carbocycles. The fourth-order valence-electron chi connectivity index (χ4n) is 3.49. The van der Waals surface area contributed by atoms with Gasteiger partial charge in [-0.1, -0.05) is 6.07 Å². The average Bonchev–Trinajstić information content (AvgIpc) is 2.76. The molecule has 0 spiro atoms. The van der Waals surface area contributed by atoms with Crippen molar-refractivity contribution in [3.63, 3.8) is 0 Å². The van der Waals surface area contributed by atoms with E-state index >= 15 is 0 Å². The Bertz CT molecular complexity index is 475. The highest BCUT2D eigenvalue weighted by Crippen LogP contribution is 2.28. The molecule has 110 valence electrons. The van der Waals surface area contributed by atoms with E-state index in [-0.39, 0.29) is 11.9 Å². The maximum Gasteiger partial charge on any atom is 0.146 e. The van der Waals surface area contributed by atoms with Gasteiger partial charge in [0.05, 0.1) is 5.69 Å². The number of halogens is 1. The molecule has 0 saturated carbocycles. The fraction of sp³-hybridized carbons (Fsp3) is 0.625. The van der Waals surface area contributed by atoms with E-state index in [1.165, 1.54) is 19.4 Å². The Labute approximate surface area is 120 Å². The number of anilines is 1. The Morgan fingerprint density at radius 3 is 2.80 bits per heavy atom. The third-order valence-electron chi connectivity index (χ3n) is 4.64. The molecular weight excluding hydrogens is 253 g/mol.